The van der Waals surface area contributed by atoms with Crippen molar-refractivity contribution in [2.75, 3.05) is 13.2 Å². The monoisotopic (exact) mass is 428 g/mol. The molecule has 0 heterocycles. The molecule has 0 fully saturated rings. The van der Waals surface area contributed by atoms with Crippen molar-refractivity contribution in [1.29, 1.82) is 0 Å². The van der Waals surface area contributed by atoms with E-state index >= 15 is 0 Å². The van der Waals surface area contributed by atoms with Crippen LogP contribution in [0.3, 0.4) is 0 Å². The third-order valence-corrected chi connectivity index (χ3v) is 3.03. The normalized spacial score (nSPS) is 9.90. The Hall–Kier alpha value is -3.96. The topological polar surface area (TPSA) is 191 Å². The smallest absolute Gasteiger partial charge is 0.334 e. The van der Waals surface area contributed by atoms with Crippen LogP contribution in [0.4, 0.5) is 0 Å². The van der Waals surface area contributed by atoms with Crippen LogP contribution in [0.5, 0.6) is 0 Å². The Morgan fingerprint density at radius 3 is 1.20 bits per heavy atom. The van der Waals surface area contributed by atoms with Crippen molar-refractivity contribution in [2.24, 2.45) is 0 Å². The van der Waals surface area contributed by atoms with E-state index in [-0.39, 0.29) is 0 Å². The molecule has 0 aliphatic heterocycles. The Bertz CT molecular complexity index is 732. The second-order valence-electron chi connectivity index (χ2n) is 5.75. The van der Waals surface area contributed by atoms with Gasteiger partial charge in [0.2, 0.25) is 0 Å². The molecule has 0 unspecified atom stereocenters. The van der Waals surface area contributed by atoms with Crippen molar-refractivity contribution in [1.82, 2.24) is 0 Å². The molecule has 30 heavy (non-hydrogen) atoms. The number of esters is 3. The summed E-state index contributed by atoms with van der Waals surface area (Å²) < 4.78 is 14.4. The minimum Gasteiger partial charge on any atom is -0.481 e. The van der Waals surface area contributed by atoms with Gasteiger partial charge in [0.15, 0.2) is 6.10 Å². The molecule has 12 nitrogen and oxygen atoms in total. The third kappa shape index (κ3) is 11.0. The fraction of sp³-hybridized carbons (Fsp3) is 0.333. The molecule has 0 rings (SSSR count). The predicted molar refractivity (Wildman–Crippen MR) is 96.0 cm³/mol. The first-order valence-corrected chi connectivity index (χ1v) is 8.07. The first kappa shape index (κ1) is 26.0. The van der Waals surface area contributed by atoms with E-state index in [0.29, 0.717) is 0 Å². The van der Waals surface area contributed by atoms with E-state index in [0.717, 1.165) is 0 Å². The Kier molecular flexibility index (Phi) is 10.8. The van der Waals surface area contributed by atoms with Crippen LogP contribution in [-0.2, 0) is 43.0 Å². The van der Waals surface area contributed by atoms with Gasteiger partial charge in [0.05, 0.1) is 19.3 Å². The number of carbonyl (C=O) groups is 6. The molecule has 0 aromatic carbocycles. The molecule has 0 aliphatic rings. The molecule has 0 aliphatic carbocycles. The van der Waals surface area contributed by atoms with Crippen LogP contribution < -0.4 is 0 Å². The highest BCUT2D eigenvalue weighted by Gasteiger charge is 2.24. The van der Waals surface area contributed by atoms with Gasteiger partial charge in [0.1, 0.15) is 13.2 Å². The molecule has 0 atom stereocenters. The number of carboxylic acid groups (broad SMARTS) is 3. The summed E-state index contributed by atoms with van der Waals surface area (Å²) in [6.07, 6.45) is -3.59. The van der Waals surface area contributed by atoms with Crippen molar-refractivity contribution >= 4 is 35.8 Å². The summed E-state index contributed by atoms with van der Waals surface area (Å²) in [5.41, 5.74) is -1.26. The average Bonchev–Trinajstić information content (AvgIpc) is 2.61. The van der Waals surface area contributed by atoms with Crippen molar-refractivity contribution in [3.63, 3.8) is 0 Å². The van der Waals surface area contributed by atoms with E-state index in [1.807, 2.05) is 0 Å². The van der Waals surface area contributed by atoms with Crippen LogP contribution in [0.2, 0.25) is 0 Å². The quantitative estimate of drug-likeness (QED) is 0.192. The summed E-state index contributed by atoms with van der Waals surface area (Å²) in [5.74, 6) is -7.45. The maximum absolute atomic E-state index is 11.9. The Morgan fingerprint density at radius 2 is 0.900 bits per heavy atom. The molecule has 0 aromatic heterocycles. The Morgan fingerprint density at radius 1 is 0.600 bits per heavy atom. The summed E-state index contributed by atoms with van der Waals surface area (Å²) in [7, 11) is 0. The maximum Gasteiger partial charge on any atom is 0.334 e. The van der Waals surface area contributed by atoms with Gasteiger partial charge in [0, 0.05) is 16.7 Å². The van der Waals surface area contributed by atoms with Crippen LogP contribution in [0, 0.1) is 0 Å². The number of rotatable bonds is 14. The Balaban J connectivity index is 5.05. The van der Waals surface area contributed by atoms with E-state index in [9.17, 15) is 28.8 Å². The molecule has 12 heteroatoms. The molecule has 0 radical (unpaired) electrons. The van der Waals surface area contributed by atoms with E-state index in [1.54, 1.807) is 0 Å². The van der Waals surface area contributed by atoms with Gasteiger partial charge in [-0.2, -0.15) is 0 Å². The number of carboxylic acids is 3. The van der Waals surface area contributed by atoms with Gasteiger partial charge in [-0.25, -0.2) is 14.4 Å². The molecule has 0 spiro atoms. The minimum atomic E-state index is -1.44. The summed E-state index contributed by atoms with van der Waals surface area (Å²) in [6.45, 7) is 8.27. The van der Waals surface area contributed by atoms with Crippen molar-refractivity contribution in [2.45, 2.75) is 25.4 Å². The van der Waals surface area contributed by atoms with Gasteiger partial charge >= 0.3 is 35.8 Å². The standard InChI is InChI=1S/C18H20O12/c1-9(4-13(19)20)16(25)28-7-12(30-18(27)11(3)6-15(23)24)8-29-17(26)10(2)5-14(21)22/h12H,1-8H2,(H,19,20)(H,21,22)(H,23,24). The number of aliphatic carboxylic acids is 3. The summed E-state index contributed by atoms with van der Waals surface area (Å²) >= 11 is 0. The van der Waals surface area contributed by atoms with Crippen molar-refractivity contribution in [3.05, 3.63) is 36.5 Å². The fourth-order valence-corrected chi connectivity index (χ4v) is 1.66. The van der Waals surface area contributed by atoms with E-state index in [2.05, 4.69) is 19.7 Å². The lowest BCUT2D eigenvalue weighted by atomic mass is 10.2. The average molecular weight is 428 g/mol. The second kappa shape index (κ2) is 12.5. The van der Waals surface area contributed by atoms with Crippen LogP contribution in [0.1, 0.15) is 19.3 Å². The van der Waals surface area contributed by atoms with Crippen molar-refractivity contribution < 1.29 is 58.3 Å². The minimum absolute atomic E-state index is 0.408. The van der Waals surface area contributed by atoms with Crippen LogP contribution >= 0.6 is 0 Å². The predicted octanol–water partition coefficient (Wildman–Crippen LogP) is 0.0773. The van der Waals surface area contributed by atoms with Crippen LogP contribution in [0.15, 0.2) is 36.5 Å². The highest BCUT2D eigenvalue weighted by molar-refractivity contribution is 5.94. The van der Waals surface area contributed by atoms with Gasteiger partial charge < -0.3 is 29.5 Å². The molecular weight excluding hydrogens is 408 g/mol. The van der Waals surface area contributed by atoms with Crippen LogP contribution in [-0.4, -0.2) is 70.5 Å². The number of hydrogen-bond donors (Lipinski definition) is 3. The molecule has 0 amide bonds. The summed E-state index contributed by atoms with van der Waals surface area (Å²) in [4.78, 5) is 67.1. The van der Waals surface area contributed by atoms with Gasteiger partial charge in [-0.05, 0) is 0 Å². The first-order chi connectivity index (χ1) is 13.8. The second-order valence-corrected chi connectivity index (χ2v) is 5.75. The van der Waals surface area contributed by atoms with Gasteiger partial charge in [-0.15, -0.1) is 0 Å². The lowest BCUT2D eigenvalue weighted by molar-refractivity contribution is -0.162. The molecule has 0 saturated carbocycles. The van der Waals surface area contributed by atoms with E-state index in [4.69, 9.17) is 29.5 Å². The van der Waals surface area contributed by atoms with E-state index < -0.39 is 91.1 Å². The lowest BCUT2D eigenvalue weighted by Crippen LogP contribution is -2.32. The highest BCUT2D eigenvalue weighted by Crippen LogP contribution is 2.09. The summed E-state index contributed by atoms with van der Waals surface area (Å²) in [6, 6.07) is 0. The molecule has 0 aromatic rings. The van der Waals surface area contributed by atoms with Crippen LogP contribution in [0.25, 0.3) is 0 Å². The maximum atomic E-state index is 11.9. The molecule has 0 saturated heterocycles. The largest absolute Gasteiger partial charge is 0.481 e. The summed E-state index contributed by atoms with van der Waals surface area (Å²) in [5, 5.41) is 25.9. The number of carbonyl (C=O) groups excluding carboxylic acids is 3. The zero-order chi connectivity index (χ0) is 23.4. The molecule has 0 bridgehead atoms. The molecular formula is C18H20O12. The fourth-order valence-electron chi connectivity index (χ4n) is 1.66. The molecule has 3 N–H and O–H groups in total. The SMILES string of the molecule is C=C(CC(=O)O)C(=O)OCC(COC(=O)C(=C)CC(=O)O)OC(=O)C(=C)CC(=O)O. The lowest BCUT2D eigenvalue weighted by Gasteiger charge is -2.19. The third-order valence-electron chi connectivity index (χ3n) is 3.03. The van der Waals surface area contributed by atoms with Gasteiger partial charge in [0.25, 0.3) is 0 Å². The van der Waals surface area contributed by atoms with Crippen molar-refractivity contribution in [3.8, 4) is 0 Å². The molecule has 164 valence electrons. The number of ether oxygens (including phenoxy) is 3. The Labute approximate surface area is 170 Å². The van der Waals surface area contributed by atoms with Gasteiger partial charge in [-0.1, -0.05) is 19.7 Å². The zero-order valence-corrected chi connectivity index (χ0v) is 15.8. The first-order valence-electron chi connectivity index (χ1n) is 8.07. The number of hydrogen-bond acceptors (Lipinski definition) is 9. The van der Waals surface area contributed by atoms with Gasteiger partial charge in [-0.3, -0.25) is 14.4 Å². The highest BCUT2D eigenvalue weighted by atomic mass is 16.6. The van der Waals surface area contributed by atoms with E-state index in [1.165, 1.54) is 0 Å². The zero-order valence-electron chi connectivity index (χ0n) is 15.8.